The molecule has 3 nitrogen and oxygen atoms in total. The molecule has 2 N–H and O–H groups in total. The molecule has 0 radical (unpaired) electrons. The van der Waals surface area contributed by atoms with E-state index in [1.807, 2.05) is 18.2 Å². The Morgan fingerprint density at radius 3 is 2.44 bits per heavy atom. The third kappa shape index (κ3) is 1.92. The van der Waals surface area contributed by atoms with Gasteiger partial charge >= 0.3 is 0 Å². The molecule has 1 fully saturated rings. The Labute approximate surface area is 105 Å². The Balaban J connectivity index is 1.86. The van der Waals surface area contributed by atoms with Gasteiger partial charge in [-0.2, -0.15) is 0 Å². The van der Waals surface area contributed by atoms with Gasteiger partial charge in [0.25, 0.3) is 5.92 Å². The van der Waals surface area contributed by atoms with Crippen LogP contribution in [0, 0.1) is 0 Å². The zero-order valence-electron chi connectivity index (χ0n) is 10.2. The van der Waals surface area contributed by atoms with Crippen LogP contribution in [0.5, 0.6) is 0 Å². The molecule has 98 valence electrons. The molecule has 18 heavy (non-hydrogen) atoms. The second-order valence-corrected chi connectivity index (χ2v) is 5.06. The Kier molecular flexibility index (Phi) is 2.66. The predicted molar refractivity (Wildman–Crippen MR) is 68.1 cm³/mol. The smallest absolute Gasteiger partial charge is 0.251 e. The summed E-state index contributed by atoms with van der Waals surface area (Å²) in [5.41, 5.74) is 3.31. The van der Waals surface area contributed by atoms with Crippen LogP contribution in [0.2, 0.25) is 0 Å². The third-order valence-electron chi connectivity index (χ3n) is 3.87. The lowest BCUT2D eigenvalue weighted by Gasteiger charge is -2.34. The van der Waals surface area contributed by atoms with Crippen LogP contribution in [0.3, 0.4) is 0 Å². The molecule has 2 aliphatic rings. The first-order chi connectivity index (χ1) is 8.57. The average Bonchev–Trinajstić information content (AvgIpc) is 2.72. The number of hydrazine groups is 1. The normalized spacial score (nSPS) is 22.2. The van der Waals surface area contributed by atoms with Crippen molar-refractivity contribution >= 4 is 11.4 Å². The van der Waals surface area contributed by atoms with Crippen molar-refractivity contribution in [3.8, 4) is 0 Å². The zero-order chi connectivity index (χ0) is 12.8. The lowest BCUT2D eigenvalue weighted by molar-refractivity contribution is -0.0220. The van der Waals surface area contributed by atoms with Gasteiger partial charge in [0.05, 0.1) is 5.69 Å². The third-order valence-corrected chi connectivity index (χ3v) is 3.87. The van der Waals surface area contributed by atoms with Crippen LogP contribution < -0.4 is 15.8 Å². The number of nitrogens with zero attached hydrogens (tertiary/aromatic N) is 2. The summed E-state index contributed by atoms with van der Waals surface area (Å²) in [6.07, 6.45) is 0.793. The number of alkyl halides is 2. The lowest BCUT2D eigenvalue weighted by Crippen LogP contribution is -2.39. The van der Waals surface area contributed by atoms with E-state index in [1.165, 1.54) is 5.56 Å². The van der Waals surface area contributed by atoms with Crippen LogP contribution in [0.25, 0.3) is 0 Å². The Morgan fingerprint density at radius 2 is 1.72 bits per heavy atom. The van der Waals surface area contributed by atoms with E-state index in [4.69, 9.17) is 5.84 Å². The van der Waals surface area contributed by atoms with Crippen LogP contribution in [0.15, 0.2) is 18.2 Å². The van der Waals surface area contributed by atoms with Gasteiger partial charge in [-0.15, -0.1) is 0 Å². The van der Waals surface area contributed by atoms with Crippen molar-refractivity contribution in [3.63, 3.8) is 0 Å². The van der Waals surface area contributed by atoms with Crippen molar-refractivity contribution in [2.45, 2.75) is 25.2 Å². The molecule has 0 spiro atoms. The number of rotatable bonds is 1. The van der Waals surface area contributed by atoms with Gasteiger partial charge in [0.15, 0.2) is 0 Å². The van der Waals surface area contributed by atoms with E-state index in [-0.39, 0.29) is 12.8 Å². The molecule has 3 rings (SSSR count). The van der Waals surface area contributed by atoms with E-state index in [0.29, 0.717) is 13.1 Å². The molecule has 0 aliphatic carbocycles. The van der Waals surface area contributed by atoms with E-state index in [1.54, 1.807) is 5.01 Å². The minimum Gasteiger partial charge on any atom is -0.371 e. The van der Waals surface area contributed by atoms with Crippen LogP contribution in [-0.2, 0) is 6.42 Å². The summed E-state index contributed by atoms with van der Waals surface area (Å²) in [7, 11) is 0. The highest BCUT2D eigenvalue weighted by Gasteiger charge is 2.35. The molecular formula is C13H17F2N3. The van der Waals surface area contributed by atoms with E-state index in [2.05, 4.69) is 4.90 Å². The number of benzene rings is 1. The standard InChI is InChI=1S/C13H17F2N3/c14-13(15)5-8-17(9-6-13)11-2-1-3-12-10(11)4-7-18(12)16/h1-3H,4-9,16H2. The first-order valence-corrected chi connectivity index (χ1v) is 6.34. The van der Waals surface area contributed by atoms with Gasteiger partial charge in [0.1, 0.15) is 0 Å². The Hall–Kier alpha value is -1.36. The summed E-state index contributed by atoms with van der Waals surface area (Å²) in [5, 5.41) is 1.73. The van der Waals surface area contributed by atoms with Crippen LogP contribution in [-0.4, -0.2) is 25.6 Å². The predicted octanol–water partition coefficient (Wildman–Crippen LogP) is 2.16. The number of fused-ring (bicyclic) bond motifs is 1. The molecule has 0 aromatic heterocycles. The highest BCUT2D eigenvalue weighted by molar-refractivity contribution is 5.70. The molecule has 2 heterocycles. The quantitative estimate of drug-likeness (QED) is 0.778. The van der Waals surface area contributed by atoms with Crippen molar-refractivity contribution in [1.29, 1.82) is 0 Å². The maximum Gasteiger partial charge on any atom is 0.251 e. The maximum absolute atomic E-state index is 13.2. The summed E-state index contributed by atoms with van der Waals surface area (Å²) in [4.78, 5) is 2.06. The topological polar surface area (TPSA) is 32.5 Å². The second-order valence-electron chi connectivity index (χ2n) is 5.06. The molecule has 1 aromatic carbocycles. The van der Waals surface area contributed by atoms with Crippen molar-refractivity contribution in [2.24, 2.45) is 5.84 Å². The van der Waals surface area contributed by atoms with E-state index >= 15 is 0 Å². The number of hydrogen-bond donors (Lipinski definition) is 1. The van der Waals surface area contributed by atoms with Gasteiger partial charge in [-0.1, -0.05) is 6.07 Å². The van der Waals surface area contributed by atoms with E-state index in [0.717, 1.165) is 24.3 Å². The number of piperidine rings is 1. The molecule has 0 amide bonds. The first kappa shape index (κ1) is 11.7. The van der Waals surface area contributed by atoms with Gasteiger partial charge in [-0.05, 0) is 18.6 Å². The monoisotopic (exact) mass is 253 g/mol. The van der Waals surface area contributed by atoms with Gasteiger partial charge < -0.3 is 9.91 Å². The molecule has 0 saturated carbocycles. The summed E-state index contributed by atoms with van der Waals surface area (Å²) >= 11 is 0. The summed E-state index contributed by atoms with van der Waals surface area (Å²) in [6.45, 7) is 1.65. The Morgan fingerprint density at radius 1 is 1.06 bits per heavy atom. The highest BCUT2D eigenvalue weighted by Crippen LogP contribution is 2.37. The fourth-order valence-electron chi connectivity index (χ4n) is 2.81. The highest BCUT2D eigenvalue weighted by atomic mass is 19.3. The van der Waals surface area contributed by atoms with Crippen molar-refractivity contribution in [3.05, 3.63) is 23.8 Å². The molecule has 0 unspecified atom stereocenters. The second kappa shape index (κ2) is 4.09. The molecule has 0 atom stereocenters. The van der Waals surface area contributed by atoms with Crippen LogP contribution in [0.4, 0.5) is 20.2 Å². The number of nitrogens with two attached hydrogens (primary N) is 1. The fourth-order valence-corrected chi connectivity index (χ4v) is 2.81. The molecule has 5 heteroatoms. The van der Waals surface area contributed by atoms with Crippen LogP contribution in [0.1, 0.15) is 18.4 Å². The fraction of sp³-hybridized carbons (Fsp3) is 0.538. The van der Waals surface area contributed by atoms with E-state index in [9.17, 15) is 8.78 Å². The summed E-state index contributed by atoms with van der Waals surface area (Å²) in [5.74, 6) is 3.39. The average molecular weight is 253 g/mol. The summed E-state index contributed by atoms with van der Waals surface area (Å²) in [6, 6.07) is 5.96. The van der Waals surface area contributed by atoms with Gasteiger partial charge in [0.2, 0.25) is 0 Å². The SMILES string of the molecule is NN1CCc2c1cccc2N1CCC(F)(F)CC1. The zero-order valence-corrected chi connectivity index (χ0v) is 10.2. The Bertz CT molecular complexity index is 452. The number of hydrogen-bond acceptors (Lipinski definition) is 3. The van der Waals surface area contributed by atoms with Crippen LogP contribution >= 0.6 is 0 Å². The van der Waals surface area contributed by atoms with Crippen molar-refractivity contribution < 1.29 is 8.78 Å². The van der Waals surface area contributed by atoms with Gasteiger partial charge in [-0.25, -0.2) is 14.6 Å². The maximum atomic E-state index is 13.2. The van der Waals surface area contributed by atoms with Crippen molar-refractivity contribution in [1.82, 2.24) is 0 Å². The molecule has 1 saturated heterocycles. The summed E-state index contributed by atoms with van der Waals surface area (Å²) < 4.78 is 26.3. The molecule has 1 aromatic rings. The first-order valence-electron chi connectivity index (χ1n) is 6.34. The molecule has 2 aliphatic heterocycles. The van der Waals surface area contributed by atoms with Gasteiger partial charge in [-0.3, -0.25) is 0 Å². The van der Waals surface area contributed by atoms with E-state index < -0.39 is 5.92 Å². The number of anilines is 2. The molecule has 0 bridgehead atoms. The molecular weight excluding hydrogens is 236 g/mol. The van der Waals surface area contributed by atoms with Gasteiger partial charge in [0, 0.05) is 43.7 Å². The van der Waals surface area contributed by atoms with Crippen molar-refractivity contribution in [2.75, 3.05) is 29.5 Å². The lowest BCUT2D eigenvalue weighted by atomic mass is 10.0. The minimum atomic E-state index is -2.49. The minimum absolute atomic E-state index is 0.0526. The largest absolute Gasteiger partial charge is 0.371 e. The number of halogens is 2.